The number of carbonyl (C=O) groups is 1. The van der Waals surface area contributed by atoms with Gasteiger partial charge in [0.1, 0.15) is 12.7 Å². The van der Waals surface area contributed by atoms with E-state index < -0.39 is 6.10 Å². The van der Waals surface area contributed by atoms with Crippen molar-refractivity contribution in [1.82, 2.24) is 0 Å². The zero-order valence-corrected chi connectivity index (χ0v) is 11.5. The van der Waals surface area contributed by atoms with Crippen LogP contribution in [0.25, 0.3) is 0 Å². The molecule has 1 saturated carbocycles. The molecular weight excluding hydrogens is 240 g/mol. The van der Waals surface area contributed by atoms with E-state index in [-0.39, 0.29) is 12.6 Å². The van der Waals surface area contributed by atoms with Crippen molar-refractivity contribution in [2.24, 2.45) is 0 Å². The van der Waals surface area contributed by atoms with E-state index >= 15 is 0 Å². The summed E-state index contributed by atoms with van der Waals surface area (Å²) in [5.74, 6) is 0.311. The van der Waals surface area contributed by atoms with Crippen LogP contribution >= 0.6 is 0 Å². The van der Waals surface area contributed by atoms with Crippen LogP contribution < -0.4 is 0 Å². The second-order valence-corrected chi connectivity index (χ2v) is 5.32. The summed E-state index contributed by atoms with van der Waals surface area (Å²) in [6.45, 7) is 1.37. The molecule has 1 atom stereocenters. The minimum absolute atomic E-state index is 0.0259. The van der Waals surface area contributed by atoms with Gasteiger partial charge in [-0.1, -0.05) is 43.5 Å². The lowest BCUT2D eigenvalue weighted by molar-refractivity contribution is -0.144. The van der Waals surface area contributed by atoms with E-state index in [2.05, 4.69) is 12.1 Å². The SMILES string of the molecule is CC(=O)OCC(O)c1ccc(C2CCCCC2)cc1. The molecule has 3 nitrogen and oxygen atoms in total. The molecule has 0 aromatic heterocycles. The lowest BCUT2D eigenvalue weighted by Gasteiger charge is -2.22. The second kappa shape index (κ2) is 6.71. The van der Waals surface area contributed by atoms with E-state index in [9.17, 15) is 9.90 Å². The predicted molar refractivity (Wildman–Crippen MR) is 73.9 cm³/mol. The molecule has 0 spiro atoms. The highest BCUT2D eigenvalue weighted by molar-refractivity contribution is 5.65. The summed E-state index contributed by atoms with van der Waals surface area (Å²) in [4.78, 5) is 10.7. The van der Waals surface area contributed by atoms with Crippen LogP contribution in [-0.4, -0.2) is 17.7 Å². The Morgan fingerprint density at radius 1 is 1.26 bits per heavy atom. The number of hydrogen-bond donors (Lipinski definition) is 1. The highest BCUT2D eigenvalue weighted by Gasteiger charge is 2.16. The Bertz CT molecular complexity index is 405. The van der Waals surface area contributed by atoms with E-state index in [0.29, 0.717) is 5.92 Å². The van der Waals surface area contributed by atoms with Gasteiger partial charge in [-0.15, -0.1) is 0 Å². The van der Waals surface area contributed by atoms with Gasteiger partial charge in [-0.2, -0.15) is 0 Å². The van der Waals surface area contributed by atoms with Crippen LogP contribution in [0.2, 0.25) is 0 Å². The smallest absolute Gasteiger partial charge is 0.302 e. The molecule has 0 saturated heterocycles. The Balaban J connectivity index is 1.95. The minimum Gasteiger partial charge on any atom is -0.463 e. The molecule has 0 amide bonds. The average molecular weight is 262 g/mol. The van der Waals surface area contributed by atoms with Gasteiger partial charge in [-0.3, -0.25) is 4.79 Å². The van der Waals surface area contributed by atoms with Crippen LogP contribution in [0.3, 0.4) is 0 Å². The molecule has 1 N–H and O–H groups in total. The molecule has 0 bridgehead atoms. The Morgan fingerprint density at radius 2 is 1.89 bits per heavy atom. The van der Waals surface area contributed by atoms with E-state index in [4.69, 9.17) is 4.74 Å². The van der Waals surface area contributed by atoms with Crippen LogP contribution in [0, 0.1) is 0 Å². The van der Waals surface area contributed by atoms with Gasteiger partial charge in [0.25, 0.3) is 0 Å². The zero-order valence-electron chi connectivity index (χ0n) is 11.5. The van der Waals surface area contributed by atoms with Crippen molar-refractivity contribution < 1.29 is 14.6 Å². The number of benzene rings is 1. The molecule has 104 valence electrons. The summed E-state index contributed by atoms with van der Waals surface area (Å²) in [6, 6.07) is 8.08. The average Bonchev–Trinajstić information content (AvgIpc) is 2.46. The fraction of sp³-hybridized carbons (Fsp3) is 0.562. The third-order valence-corrected chi connectivity index (χ3v) is 3.84. The Labute approximate surface area is 114 Å². The predicted octanol–water partition coefficient (Wildman–Crippen LogP) is 3.33. The summed E-state index contributed by atoms with van der Waals surface area (Å²) in [5.41, 5.74) is 2.17. The van der Waals surface area contributed by atoms with Crippen molar-refractivity contribution >= 4 is 5.97 Å². The number of aliphatic hydroxyl groups excluding tert-OH is 1. The molecule has 1 aliphatic carbocycles. The Hall–Kier alpha value is -1.35. The van der Waals surface area contributed by atoms with E-state index in [1.165, 1.54) is 44.6 Å². The van der Waals surface area contributed by atoms with Crippen molar-refractivity contribution in [3.63, 3.8) is 0 Å². The van der Waals surface area contributed by atoms with Crippen molar-refractivity contribution in [2.45, 2.75) is 51.0 Å². The van der Waals surface area contributed by atoms with E-state index in [0.717, 1.165) is 5.56 Å². The van der Waals surface area contributed by atoms with Crippen molar-refractivity contribution in [1.29, 1.82) is 0 Å². The lowest BCUT2D eigenvalue weighted by atomic mass is 9.84. The number of esters is 1. The minimum atomic E-state index is -0.732. The summed E-state index contributed by atoms with van der Waals surface area (Å²) in [6.07, 6.45) is 5.81. The molecule has 2 rings (SSSR count). The molecule has 0 radical (unpaired) electrons. The fourth-order valence-corrected chi connectivity index (χ4v) is 2.72. The number of ether oxygens (including phenoxy) is 1. The second-order valence-electron chi connectivity index (χ2n) is 5.32. The van der Waals surface area contributed by atoms with Crippen molar-refractivity contribution in [3.8, 4) is 0 Å². The molecule has 0 aliphatic heterocycles. The molecule has 1 fully saturated rings. The number of aliphatic hydroxyl groups is 1. The van der Waals surface area contributed by atoms with Crippen LogP contribution in [0.15, 0.2) is 24.3 Å². The van der Waals surface area contributed by atoms with E-state index in [1.54, 1.807) is 0 Å². The van der Waals surface area contributed by atoms with Crippen LogP contribution in [-0.2, 0) is 9.53 Å². The third kappa shape index (κ3) is 4.06. The highest BCUT2D eigenvalue weighted by atomic mass is 16.5. The number of hydrogen-bond acceptors (Lipinski definition) is 3. The van der Waals surface area contributed by atoms with Gasteiger partial charge >= 0.3 is 5.97 Å². The van der Waals surface area contributed by atoms with Gasteiger partial charge in [0, 0.05) is 6.92 Å². The molecule has 1 aliphatic rings. The summed E-state index contributed by atoms with van der Waals surface area (Å²) in [5, 5.41) is 9.89. The van der Waals surface area contributed by atoms with Gasteiger partial charge in [0.15, 0.2) is 0 Å². The van der Waals surface area contributed by atoms with Gasteiger partial charge in [-0.25, -0.2) is 0 Å². The monoisotopic (exact) mass is 262 g/mol. The summed E-state index contributed by atoms with van der Waals surface area (Å²) >= 11 is 0. The standard InChI is InChI=1S/C16H22O3/c1-12(17)19-11-16(18)15-9-7-14(8-10-15)13-5-3-2-4-6-13/h7-10,13,16,18H,2-6,11H2,1H3. The first-order valence-corrected chi connectivity index (χ1v) is 7.08. The quantitative estimate of drug-likeness (QED) is 0.847. The van der Waals surface area contributed by atoms with Crippen LogP contribution in [0.1, 0.15) is 62.2 Å². The van der Waals surface area contributed by atoms with Gasteiger partial charge < -0.3 is 9.84 Å². The topological polar surface area (TPSA) is 46.5 Å². The first kappa shape index (κ1) is 14.1. The number of carbonyl (C=O) groups excluding carboxylic acids is 1. The Kier molecular flexibility index (Phi) is 4.97. The molecule has 3 heteroatoms. The number of rotatable bonds is 4. The first-order valence-electron chi connectivity index (χ1n) is 7.08. The van der Waals surface area contributed by atoms with Gasteiger partial charge in [-0.05, 0) is 29.9 Å². The zero-order chi connectivity index (χ0) is 13.7. The molecule has 19 heavy (non-hydrogen) atoms. The highest BCUT2D eigenvalue weighted by Crippen LogP contribution is 2.32. The van der Waals surface area contributed by atoms with E-state index in [1.807, 2.05) is 12.1 Å². The maximum atomic E-state index is 10.7. The maximum absolute atomic E-state index is 10.7. The van der Waals surface area contributed by atoms with Crippen LogP contribution in [0.4, 0.5) is 0 Å². The maximum Gasteiger partial charge on any atom is 0.302 e. The van der Waals surface area contributed by atoms with Gasteiger partial charge in [0.05, 0.1) is 0 Å². The Morgan fingerprint density at radius 3 is 2.47 bits per heavy atom. The van der Waals surface area contributed by atoms with Crippen molar-refractivity contribution in [2.75, 3.05) is 6.61 Å². The van der Waals surface area contributed by atoms with Gasteiger partial charge in [0.2, 0.25) is 0 Å². The van der Waals surface area contributed by atoms with Crippen molar-refractivity contribution in [3.05, 3.63) is 35.4 Å². The summed E-state index contributed by atoms with van der Waals surface area (Å²) in [7, 11) is 0. The molecular formula is C16H22O3. The normalized spacial score (nSPS) is 18.0. The molecule has 1 aromatic rings. The molecule has 1 aromatic carbocycles. The summed E-state index contributed by atoms with van der Waals surface area (Å²) < 4.78 is 4.82. The third-order valence-electron chi connectivity index (χ3n) is 3.84. The molecule has 1 unspecified atom stereocenters. The van der Waals surface area contributed by atoms with Crippen LogP contribution in [0.5, 0.6) is 0 Å². The largest absolute Gasteiger partial charge is 0.463 e. The lowest BCUT2D eigenvalue weighted by Crippen LogP contribution is -2.10. The molecule has 0 heterocycles. The first-order chi connectivity index (χ1) is 9.16. The fourth-order valence-electron chi connectivity index (χ4n) is 2.72.